The van der Waals surface area contributed by atoms with E-state index in [0.717, 1.165) is 11.1 Å². The third kappa shape index (κ3) is 1.76. The SMILES string of the molecule is CCOC(=O)c1ccc(C)c2c1CC(O)O2. The van der Waals surface area contributed by atoms with Crippen molar-refractivity contribution in [1.29, 1.82) is 0 Å². The Bertz CT molecular complexity index is 425. The van der Waals surface area contributed by atoms with Crippen LogP contribution in [0.3, 0.4) is 0 Å². The molecule has 0 aliphatic carbocycles. The molecule has 0 aromatic heterocycles. The molecular formula is C12H14O4. The second-order valence-corrected chi connectivity index (χ2v) is 3.73. The molecule has 0 saturated carbocycles. The Hall–Kier alpha value is -1.55. The minimum Gasteiger partial charge on any atom is -0.464 e. The molecule has 1 heterocycles. The number of aliphatic hydroxyl groups excluding tert-OH is 1. The van der Waals surface area contributed by atoms with Crippen LogP contribution in [0.25, 0.3) is 0 Å². The van der Waals surface area contributed by atoms with Gasteiger partial charge in [0.2, 0.25) is 6.29 Å². The van der Waals surface area contributed by atoms with Crippen LogP contribution in [-0.2, 0) is 11.2 Å². The summed E-state index contributed by atoms with van der Waals surface area (Å²) in [7, 11) is 0. The van der Waals surface area contributed by atoms with Crippen LogP contribution in [0.2, 0.25) is 0 Å². The monoisotopic (exact) mass is 222 g/mol. The van der Waals surface area contributed by atoms with Gasteiger partial charge in [0.25, 0.3) is 0 Å². The van der Waals surface area contributed by atoms with E-state index in [1.165, 1.54) is 0 Å². The lowest BCUT2D eigenvalue weighted by molar-refractivity contribution is 0.00174. The van der Waals surface area contributed by atoms with E-state index in [1.54, 1.807) is 19.1 Å². The number of aryl methyl sites for hydroxylation is 1. The standard InChI is InChI=1S/C12H14O4/c1-3-15-12(14)8-5-4-7(2)11-9(8)6-10(13)16-11/h4-5,10,13H,3,6H2,1-2H3. The van der Waals surface area contributed by atoms with E-state index in [9.17, 15) is 9.90 Å². The number of hydrogen-bond donors (Lipinski definition) is 1. The third-order valence-electron chi connectivity index (χ3n) is 2.59. The molecule has 1 aromatic rings. The minimum absolute atomic E-state index is 0.338. The van der Waals surface area contributed by atoms with Crippen molar-refractivity contribution in [3.8, 4) is 5.75 Å². The van der Waals surface area contributed by atoms with Crippen LogP contribution in [-0.4, -0.2) is 24.0 Å². The molecule has 0 fully saturated rings. The maximum absolute atomic E-state index is 11.7. The molecule has 2 rings (SSSR count). The summed E-state index contributed by atoms with van der Waals surface area (Å²) in [5.74, 6) is 0.245. The maximum Gasteiger partial charge on any atom is 0.338 e. The molecule has 0 saturated heterocycles. The molecule has 1 aliphatic rings. The Morgan fingerprint density at radius 1 is 1.62 bits per heavy atom. The van der Waals surface area contributed by atoms with Gasteiger partial charge in [-0.1, -0.05) is 6.07 Å². The van der Waals surface area contributed by atoms with Crippen LogP contribution in [0.4, 0.5) is 0 Å². The van der Waals surface area contributed by atoms with E-state index in [-0.39, 0.29) is 5.97 Å². The van der Waals surface area contributed by atoms with Gasteiger partial charge in [-0.2, -0.15) is 0 Å². The molecule has 1 atom stereocenters. The van der Waals surface area contributed by atoms with Crippen molar-refractivity contribution < 1.29 is 19.4 Å². The second kappa shape index (κ2) is 4.14. The third-order valence-corrected chi connectivity index (χ3v) is 2.59. The van der Waals surface area contributed by atoms with Crippen LogP contribution in [0, 0.1) is 6.92 Å². The lowest BCUT2D eigenvalue weighted by Crippen LogP contribution is -2.11. The lowest BCUT2D eigenvalue weighted by Gasteiger charge is -2.08. The molecule has 4 heteroatoms. The van der Waals surface area contributed by atoms with Crippen LogP contribution in [0.1, 0.15) is 28.4 Å². The Balaban J connectivity index is 2.42. The summed E-state index contributed by atoms with van der Waals surface area (Å²) in [6.45, 7) is 3.98. The van der Waals surface area contributed by atoms with E-state index in [0.29, 0.717) is 24.3 Å². The largest absolute Gasteiger partial charge is 0.464 e. The minimum atomic E-state index is -0.857. The highest BCUT2D eigenvalue weighted by molar-refractivity contribution is 5.92. The van der Waals surface area contributed by atoms with Gasteiger partial charge in [-0.3, -0.25) is 0 Å². The molecular weight excluding hydrogens is 208 g/mol. The topological polar surface area (TPSA) is 55.8 Å². The Morgan fingerprint density at radius 2 is 2.38 bits per heavy atom. The normalized spacial score (nSPS) is 17.8. The van der Waals surface area contributed by atoms with Gasteiger partial charge in [-0.15, -0.1) is 0 Å². The average Bonchev–Trinajstić information content (AvgIpc) is 2.61. The van der Waals surface area contributed by atoms with Crippen LogP contribution >= 0.6 is 0 Å². The van der Waals surface area contributed by atoms with Gasteiger partial charge in [0.1, 0.15) is 5.75 Å². The quantitative estimate of drug-likeness (QED) is 0.769. The zero-order valence-corrected chi connectivity index (χ0v) is 9.32. The van der Waals surface area contributed by atoms with Crippen molar-refractivity contribution in [2.24, 2.45) is 0 Å². The van der Waals surface area contributed by atoms with Crippen molar-refractivity contribution >= 4 is 5.97 Å². The number of rotatable bonds is 2. The highest BCUT2D eigenvalue weighted by Crippen LogP contribution is 2.34. The fourth-order valence-corrected chi connectivity index (χ4v) is 1.86. The van der Waals surface area contributed by atoms with Gasteiger partial charge in [-0.25, -0.2) is 4.79 Å². The van der Waals surface area contributed by atoms with Gasteiger partial charge >= 0.3 is 5.97 Å². The smallest absolute Gasteiger partial charge is 0.338 e. The predicted octanol–water partition coefficient (Wildman–Crippen LogP) is 1.43. The fourth-order valence-electron chi connectivity index (χ4n) is 1.86. The summed E-state index contributed by atoms with van der Waals surface area (Å²) in [4.78, 5) is 11.7. The first-order valence-electron chi connectivity index (χ1n) is 5.27. The summed E-state index contributed by atoms with van der Waals surface area (Å²) < 4.78 is 10.2. The van der Waals surface area contributed by atoms with Crippen LogP contribution < -0.4 is 4.74 Å². The van der Waals surface area contributed by atoms with Gasteiger partial charge in [0.15, 0.2) is 0 Å². The first-order valence-corrected chi connectivity index (χ1v) is 5.27. The van der Waals surface area contributed by atoms with Gasteiger partial charge in [0, 0.05) is 12.0 Å². The summed E-state index contributed by atoms with van der Waals surface area (Å²) in [6, 6.07) is 3.51. The number of carbonyl (C=O) groups is 1. The number of fused-ring (bicyclic) bond motifs is 1. The number of aliphatic hydroxyl groups is 1. The Labute approximate surface area is 93.8 Å². The molecule has 1 unspecified atom stereocenters. The van der Waals surface area contributed by atoms with E-state index >= 15 is 0 Å². The van der Waals surface area contributed by atoms with Gasteiger partial charge in [0.05, 0.1) is 12.2 Å². The predicted molar refractivity (Wildman–Crippen MR) is 57.5 cm³/mol. The fraction of sp³-hybridized carbons (Fsp3) is 0.417. The van der Waals surface area contributed by atoms with E-state index in [1.807, 2.05) is 6.92 Å². The maximum atomic E-state index is 11.7. The average molecular weight is 222 g/mol. The van der Waals surface area contributed by atoms with Crippen molar-refractivity contribution in [2.75, 3.05) is 6.61 Å². The van der Waals surface area contributed by atoms with Crippen LogP contribution in [0.15, 0.2) is 12.1 Å². The molecule has 16 heavy (non-hydrogen) atoms. The summed E-state index contributed by atoms with van der Waals surface area (Å²) in [5.41, 5.74) is 2.14. The summed E-state index contributed by atoms with van der Waals surface area (Å²) in [6.07, 6.45) is -0.519. The molecule has 1 N–H and O–H groups in total. The van der Waals surface area contributed by atoms with Crippen molar-refractivity contribution in [3.05, 3.63) is 28.8 Å². The van der Waals surface area contributed by atoms with Crippen molar-refractivity contribution in [1.82, 2.24) is 0 Å². The molecule has 0 spiro atoms. The second-order valence-electron chi connectivity index (χ2n) is 3.73. The first kappa shape index (κ1) is 11.0. The van der Waals surface area contributed by atoms with Gasteiger partial charge in [-0.05, 0) is 25.5 Å². The van der Waals surface area contributed by atoms with E-state index in [2.05, 4.69) is 0 Å². The summed E-state index contributed by atoms with van der Waals surface area (Å²) in [5, 5.41) is 9.44. The first-order chi connectivity index (χ1) is 7.63. The Kier molecular flexibility index (Phi) is 2.83. The number of hydrogen-bond acceptors (Lipinski definition) is 4. The highest BCUT2D eigenvalue weighted by Gasteiger charge is 2.27. The van der Waals surface area contributed by atoms with Crippen molar-refractivity contribution in [2.45, 2.75) is 26.6 Å². The number of ether oxygens (including phenoxy) is 2. The lowest BCUT2D eigenvalue weighted by atomic mass is 10.0. The Morgan fingerprint density at radius 3 is 3.06 bits per heavy atom. The zero-order valence-electron chi connectivity index (χ0n) is 9.32. The molecule has 0 radical (unpaired) electrons. The van der Waals surface area contributed by atoms with E-state index in [4.69, 9.17) is 9.47 Å². The molecule has 1 aromatic carbocycles. The number of carbonyl (C=O) groups excluding carboxylic acids is 1. The summed E-state index contributed by atoms with van der Waals surface area (Å²) >= 11 is 0. The molecule has 4 nitrogen and oxygen atoms in total. The number of benzene rings is 1. The molecule has 0 bridgehead atoms. The van der Waals surface area contributed by atoms with Gasteiger partial charge < -0.3 is 14.6 Å². The highest BCUT2D eigenvalue weighted by atomic mass is 16.6. The number of esters is 1. The van der Waals surface area contributed by atoms with E-state index < -0.39 is 6.29 Å². The zero-order chi connectivity index (χ0) is 11.7. The molecule has 1 aliphatic heterocycles. The molecule has 86 valence electrons. The van der Waals surface area contributed by atoms with Crippen LogP contribution in [0.5, 0.6) is 5.75 Å². The molecule has 0 amide bonds. The van der Waals surface area contributed by atoms with Crippen molar-refractivity contribution in [3.63, 3.8) is 0 Å².